The number of hydrogen-bond acceptors (Lipinski definition) is 4. The number of Topliss-reactive ketones (excluding diaryl/α,β-unsaturated/α-hetero) is 2. The first kappa shape index (κ1) is 36.5. The highest BCUT2D eigenvalue weighted by molar-refractivity contribution is 6.50. The monoisotopic (exact) mass is 570 g/mol. The molecule has 0 fully saturated rings. The van der Waals surface area contributed by atoms with Gasteiger partial charge in [-0.1, -0.05) is 123 Å². The maximum absolute atomic E-state index is 13.5. The molecular weight excluding hydrogens is 512 g/mol. The van der Waals surface area contributed by atoms with Crippen molar-refractivity contribution in [3.8, 4) is 0 Å². The third-order valence-corrected chi connectivity index (χ3v) is 8.18. The average molecular weight is 571 g/mol. The quantitative estimate of drug-likeness (QED) is 0.0714. The number of carbonyl (C=O) groups excluding carboxylic acids is 4. The second kappa shape index (κ2) is 22.1. The van der Waals surface area contributed by atoms with Crippen molar-refractivity contribution in [3.05, 3.63) is 30.3 Å². The molecule has 0 aliphatic carbocycles. The number of amides is 2. The second-order valence-electron chi connectivity index (χ2n) is 11.6. The van der Waals surface area contributed by atoms with Crippen LogP contribution in [0.25, 0.3) is 0 Å². The molecule has 232 valence electrons. The fourth-order valence-corrected chi connectivity index (χ4v) is 5.33. The van der Waals surface area contributed by atoms with Gasteiger partial charge in [0.1, 0.15) is 0 Å². The third-order valence-electron chi connectivity index (χ3n) is 8.18. The number of nitrogens with zero attached hydrogens (tertiary/aromatic N) is 2. The number of rotatable bonds is 24. The van der Waals surface area contributed by atoms with Crippen LogP contribution in [-0.4, -0.2) is 47.9 Å². The SMILES string of the molecule is CCCCCCCCN(C(=O)C(=O)CC(=O)C(=O)N(CC(CC)CCCC)CC(CC)CCCC)c1ccccc1. The van der Waals surface area contributed by atoms with Crippen molar-refractivity contribution in [2.24, 2.45) is 11.8 Å². The molecule has 0 saturated heterocycles. The highest BCUT2D eigenvalue weighted by atomic mass is 16.2. The first-order valence-electron chi connectivity index (χ1n) is 16.5. The number of unbranched alkanes of at least 4 members (excludes halogenated alkanes) is 7. The van der Waals surface area contributed by atoms with Gasteiger partial charge in [-0.25, -0.2) is 0 Å². The molecule has 1 rings (SSSR count). The summed E-state index contributed by atoms with van der Waals surface area (Å²) in [4.78, 5) is 56.3. The van der Waals surface area contributed by atoms with E-state index in [1.165, 1.54) is 17.7 Å². The van der Waals surface area contributed by atoms with Crippen LogP contribution in [0.3, 0.4) is 0 Å². The number of hydrogen-bond donors (Lipinski definition) is 0. The zero-order chi connectivity index (χ0) is 30.5. The van der Waals surface area contributed by atoms with Crippen molar-refractivity contribution < 1.29 is 19.2 Å². The molecule has 0 saturated carbocycles. The Kier molecular flexibility index (Phi) is 19.7. The van der Waals surface area contributed by atoms with Gasteiger partial charge in [0.2, 0.25) is 11.6 Å². The summed E-state index contributed by atoms with van der Waals surface area (Å²) in [5, 5.41) is 0. The fourth-order valence-electron chi connectivity index (χ4n) is 5.33. The Bertz CT molecular complexity index is 867. The van der Waals surface area contributed by atoms with E-state index in [2.05, 4.69) is 34.6 Å². The summed E-state index contributed by atoms with van der Waals surface area (Å²) < 4.78 is 0. The number of anilines is 1. The predicted molar refractivity (Wildman–Crippen MR) is 170 cm³/mol. The minimum absolute atomic E-state index is 0.318. The minimum atomic E-state index is -0.811. The largest absolute Gasteiger partial charge is 0.336 e. The van der Waals surface area contributed by atoms with E-state index in [9.17, 15) is 19.2 Å². The molecule has 0 radical (unpaired) electrons. The summed E-state index contributed by atoms with van der Waals surface area (Å²) in [6.45, 7) is 12.2. The van der Waals surface area contributed by atoms with Crippen molar-refractivity contribution in [2.45, 2.75) is 131 Å². The minimum Gasteiger partial charge on any atom is -0.336 e. The van der Waals surface area contributed by atoms with Gasteiger partial charge in [-0.15, -0.1) is 0 Å². The molecule has 0 aromatic heterocycles. The third kappa shape index (κ3) is 14.3. The first-order valence-corrected chi connectivity index (χ1v) is 16.5. The van der Waals surface area contributed by atoms with E-state index in [4.69, 9.17) is 0 Å². The van der Waals surface area contributed by atoms with Crippen molar-refractivity contribution >= 4 is 29.1 Å². The molecule has 0 heterocycles. The van der Waals surface area contributed by atoms with Gasteiger partial charge in [0.15, 0.2) is 0 Å². The smallest absolute Gasteiger partial charge is 0.294 e. The van der Waals surface area contributed by atoms with E-state index in [1.807, 2.05) is 18.2 Å². The molecule has 1 aromatic carbocycles. The Labute approximate surface area is 250 Å². The molecule has 0 bridgehead atoms. The highest BCUT2D eigenvalue weighted by Gasteiger charge is 2.31. The van der Waals surface area contributed by atoms with Crippen LogP contribution in [0.15, 0.2) is 30.3 Å². The normalized spacial score (nSPS) is 12.5. The molecule has 0 aliphatic heterocycles. The standard InChI is InChI=1S/C35H58N2O4/c1-6-11-14-15-16-20-25-37(31-23-18-17-19-24-31)35(41)33(39)26-32(38)34(40)36(27-29(9-4)21-12-7-2)28-30(10-5)22-13-8-3/h17-19,23-24,29-30H,6-16,20-22,25-28H2,1-5H3. The van der Waals surface area contributed by atoms with E-state index in [0.717, 1.165) is 77.0 Å². The maximum Gasteiger partial charge on any atom is 0.294 e. The van der Waals surface area contributed by atoms with E-state index in [1.54, 1.807) is 17.0 Å². The lowest BCUT2D eigenvalue weighted by Gasteiger charge is -2.30. The number of benzene rings is 1. The molecular formula is C35H58N2O4. The Hall–Kier alpha value is -2.50. The van der Waals surface area contributed by atoms with Gasteiger partial charge in [0.25, 0.3) is 11.8 Å². The van der Waals surface area contributed by atoms with Crippen LogP contribution in [0.1, 0.15) is 131 Å². The van der Waals surface area contributed by atoms with Crippen LogP contribution < -0.4 is 4.90 Å². The lowest BCUT2D eigenvalue weighted by Crippen LogP contribution is -2.44. The average Bonchev–Trinajstić information content (AvgIpc) is 2.99. The van der Waals surface area contributed by atoms with Gasteiger partial charge >= 0.3 is 0 Å². The van der Waals surface area contributed by atoms with Crippen molar-refractivity contribution in [3.63, 3.8) is 0 Å². The van der Waals surface area contributed by atoms with Crippen LogP contribution in [0.5, 0.6) is 0 Å². The lowest BCUT2D eigenvalue weighted by molar-refractivity contribution is -0.148. The maximum atomic E-state index is 13.5. The van der Waals surface area contributed by atoms with Gasteiger partial charge in [-0.05, 0) is 43.2 Å². The van der Waals surface area contributed by atoms with Crippen LogP contribution in [0, 0.1) is 11.8 Å². The molecule has 6 heteroatoms. The van der Waals surface area contributed by atoms with Gasteiger partial charge in [0.05, 0.1) is 6.42 Å². The molecule has 2 unspecified atom stereocenters. The van der Waals surface area contributed by atoms with Crippen LogP contribution in [0.2, 0.25) is 0 Å². The van der Waals surface area contributed by atoms with Crippen molar-refractivity contribution in [1.29, 1.82) is 0 Å². The van der Waals surface area contributed by atoms with E-state index >= 15 is 0 Å². The Morgan fingerprint density at radius 1 is 0.610 bits per heavy atom. The molecule has 2 atom stereocenters. The summed E-state index contributed by atoms with van der Waals surface area (Å²) in [5.74, 6) is -2.27. The first-order chi connectivity index (χ1) is 19.8. The Balaban J connectivity index is 2.98. The van der Waals surface area contributed by atoms with Gasteiger partial charge in [0, 0.05) is 25.3 Å². The van der Waals surface area contributed by atoms with Gasteiger partial charge in [-0.3, -0.25) is 19.2 Å². The lowest BCUT2D eigenvalue weighted by atomic mass is 9.95. The topological polar surface area (TPSA) is 74.8 Å². The number of ketones is 2. The fraction of sp³-hybridized carbons (Fsp3) is 0.714. The summed E-state index contributed by atoms with van der Waals surface area (Å²) in [6, 6.07) is 9.14. The summed E-state index contributed by atoms with van der Waals surface area (Å²) >= 11 is 0. The molecule has 2 amide bonds. The zero-order valence-electron chi connectivity index (χ0n) is 26.8. The van der Waals surface area contributed by atoms with Crippen molar-refractivity contribution in [1.82, 2.24) is 4.90 Å². The Morgan fingerprint density at radius 2 is 1.10 bits per heavy atom. The van der Waals surface area contributed by atoms with E-state index < -0.39 is 29.8 Å². The molecule has 0 N–H and O–H groups in total. The van der Waals surface area contributed by atoms with Crippen LogP contribution >= 0.6 is 0 Å². The number of para-hydroxylation sites is 1. The van der Waals surface area contributed by atoms with Gasteiger partial charge < -0.3 is 9.80 Å². The summed E-state index contributed by atoms with van der Waals surface area (Å²) in [6.07, 6.45) is 14.0. The summed E-state index contributed by atoms with van der Waals surface area (Å²) in [7, 11) is 0. The molecule has 0 aliphatic rings. The summed E-state index contributed by atoms with van der Waals surface area (Å²) in [5.41, 5.74) is 0.642. The zero-order valence-corrected chi connectivity index (χ0v) is 26.8. The Morgan fingerprint density at radius 3 is 1.61 bits per heavy atom. The van der Waals surface area contributed by atoms with Gasteiger partial charge in [-0.2, -0.15) is 0 Å². The molecule has 0 spiro atoms. The number of carbonyl (C=O) groups is 4. The van der Waals surface area contributed by atoms with Crippen molar-refractivity contribution in [2.75, 3.05) is 24.5 Å². The van der Waals surface area contributed by atoms with E-state index in [-0.39, 0.29) is 0 Å². The molecule has 1 aromatic rings. The highest BCUT2D eigenvalue weighted by Crippen LogP contribution is 2.20. The van der Waals surface area contributed by atoms with Crippen LogP contribution in [0.4, 0.5) is 5.69 Å². The molecule has 41 heavy (non-hydrogen) atoms. The van der Waals surface area contributed by atoms with E-state index in [0.29, 0.717) is 37.2 Å². The molecule has 6 nitrogen and oxygen atoms in total. The predicted octanol–water partition coefficient (Wildman–Crippen LogP) is 8.17. The second-order valence-corrected chi connectivity index (χ2v) is 11.6. The van der Waals surface area contributed by atoms with Crippen LogP contribution in [-0.2, 0) is 19.2 Å².